The van der Waals surface area contributed by atoms with E-state index in [-0.39, 0.29) is 5.56 Å². The SMILES string of the molecule is Cc1ccc(Oc2nc3cc(-c4ccc(N5CCCC5)cc4)c(C)cc3[nH]2)cc1C(=O)O. The molecule has 2 heterocycles. The van der Waals surface area contributed by atoms with E-state index in [9.17, 15) is 9.90 Å². The lowest BCUT2D eigenvalue weighted by Gasteiger charge is -2.18. The molecule has 0 amide bonds. The summed E-state index contributed by atoms with van der Waals surface area (Å²) in [6, 6.07) is 18.2. The predicted molar refractivity (Wildman–Crippen MR) is 126 cm³/mol. The first-order valence-electron chi connectivity index (χ1n) is 10.9. The molecule has 4 aromatic rings. The number of H-pyrrole nitrogens is 1. The molecule has 6 nitrogen and oxygen atoms in total. The Bertz CT molecular complexity index is 1300. The Balaban J connectivity index is 1.43. The number of carboxylic acid groups (broad SMARTS) is 1. The van der Waals surface area contributed by atoms with Crippen LogP contribution >= 0.6 is 0 Å². The molecule has 1 fully saturated rings. The molecular weight excluding hydrogens is 402 g/mol. The van der Waals surface area contributed by atoms with E-state index in [1.807, 2.05) is 0 Å². The van der Waals surface area contributed by atoms with Crippen LogP contribution in [0, 0.1) is 13.8 Å². The number of aromatic nitrogens is 2. The smallest absolute Gasteiger partial charge is 0.336 e. The van der Waals surface area contributed by atoms with Crippen molar-refractivity contribution in [2.24, 2.45) is 0 Å². The molecule has 162 valence electrons. The Labute approximate surface area is 186 Å². The molecule has 2 N–H and O–H groups in total. The minimum Gasteiger partial charge on any atom is -0.478 e. The molecule has 0 aliphatic carbocycles. The van der Waals surface area contributed by atoms with Gasteiger partial charge in [0.15, 0.2) is 0 Å². The van der Waals surface area contributed by atoms with Crippen LogP contribution in [0.3, 0.4) is 0 Å². The maximum atomic E-state index is 11.4. The largest absolute Gasteiger partial charge is 0.478 e. The number of fused-ring (bicyclic) bond motifs is 1. The van der Waals surface area contributed by atoms with Gasteiger partial charge in [0, 0.05) is 18.8 Å². The van der Waals surface area contributed by atoms with Gasteiger partial charge in [0.1, 0.15) is 5.75 Å². The van der Waals surface area contributed by atoms with Gasteiger partial charge in [0.25, 0.3) is 6.01 Å². The lowest BCUT2D eigenvalue weighted by atomic mass is 9.99. The van der Waals surface area contributed by atoms with Crippen molar-refractivity contribution in [2.75, 3.05) is 18.0 Å². The van der Waals surface area contributed by atoms with Gasteiger partial charge in [-0.3, -0.25) is 0 Å². The summed E-state index contributed by atoms with van der Waals surface area (Å²) in [4.78, 5) is 21.6. The summed E-state index contributed by atoms with van der Waals surface area (Å²) < 4.78 is 5.83. The van der Waals surface area contributed by atoms with Gasteiger partial charge in [-0.25, -0.2) is 4.79 Å². The third kappa shape index (κ3) is 3.80. The fourth-order valence-corrected chi connectivity index (χ4v) is 4.33. The Morgan fingerprint density at radius 1 is 1.00 bits per heavy atom. The zero-order valence-corrected chi connectivity index (χ0v) is 18.2. The Morgan fingerprint density at radius 3 is 2.47 bits per heavy atom. The second kappa shape index (κ2) is 8.04. The molecule has 1 aliphatic heterocycles. The maximum absolute atomic E-state index is 11.4. The number of anilines is 1. The van der Waals surface area contributed by atoms with Gasteiger partial charge >= 0.3 is 5.97 Å². The molecule has 32 heavy (non-hydrogen) atoms. The molecule has 0 radical (unpaired) electrons. The number of aromatic amines is 1. The highest BCUT2D eigenvalue weighted by Gasteiger charge is 2.14. The van der Waals surface area contributed by atoms with E-state index >= 15 is 0 Å². The average Bonchev–Trinajstić information content (AvgIpc) is 3.44. The third-order valence-electron chi connectivity index (χ3n) is 6.11. The normalized spacial score (nSPS) is 13.6. The fourth-order valence-electron chi connectivity index (χ4n) is 4.33. The third-order valence-corrected chi connectivity index (χ3v) is 6.11. The van der Waals surface area contributed by atoms with Crippen molar-refractivity contribution in [2.45, 2.75) is 26.7 Å². The lowest BCUT2D eigenvalue weighted by molar-refractivity contribution is 0.0695. The van der Waals surface area contributed by atoms with Gasteiger partial charge < -0.3 is 19.7 Å². The van der Waals surface area contributed by atoms with Crippen LogP contribution < -0.4 is 9.64 Å². The molecule has 6 heteroatoms. The number of carbonyl (C=O) groups is 1. The molecule has 0 unspecified atom stereocenters. The summed E-state index contributed by atoms with van der Waals surface area (Å²) >= 11 is 0. The van der Waals surface area contributed by atoms with Crippen molar-refractivity contribution in [3.8, 4) is 22.9 Å². The van der Waals surface area contributed by atoms with Crippen LogP contribution in [-0.2, 0) is 0 Å². The molecule has 5 rings (SSSR count). The maximum Gasteiger partial charge on any atom is 0.336 e. The monoisotopic (exact) mass is 427 g/mol. The second-order valence-electron chi connectivity index (χ2n) is 8.35. The number of hydrogen-bond acceptors (Lipinski definition) is 4. The summed E-state index contributed by atoms with van der Waals surface area (Å²) in [7, 11) is 0. The topological polar surface area (TPSA) is 78.5 Å². The number of carboxylic acids is 1. The Hall–Kier alpha value is -3.80. The van der Waals surface area contributed by atoms with Crippen LogP contribution in [-0.4, -0.2) is 34.1 Å². The van der Waals surface area contributed by atoms with Crippen LogP contribution in [0.15, 0.2) is 54.6 Å². The second-order valence-corrected chi connectivity index (χ2v) is 8.35. The summed E-state index contributed by atoms with van der Waals surface area (Å²) in [6.45, 7) is 6.12. The fraction of sp³-hybridized carbons (Fsp3) is 0.231. The summed E-state index contributed by atoms with van der Waals surface area (Å²) in [5, 5.41) is 9.34. The highest BCUT2D eigenvalue weighted by atomic mass is 16.5. The first kappa shape index (κ1) is 20.1. The standard InChI is InChI=1S/C26H25N3O3/c1-16-5-10-20(14-22(16)25(30)31)32-26-27-23-13-17(2)21(15-24(23)28-26)18-6-8-19(9-7-18)29-11-3-4-12-29/h5-10,13-15H,3-4,11-12H2,1-2H3,(H,27,28)(H,30,31). The first-order valence-corrected chi connectivity index (χ1v) is 10.9. The summed E-state index contributed by atoms with van der Waals surface area (Å²) in [6.07, 6.45) is 2.53. The van der Waals surface area contributed by atoms with Crippen molar-refractivity contribution in [3.05, 3.63) is 71.3 Å². The van der Waals surface area contributed by atoms with Crippen molar-refractivity contribution >= 4 is 22.7 Å². The van der Waals surface area contributed by atoms with Gasteiger partial charge in [-0.15, -0.1) is 0 Å². The lowest BCUT2D eigenvalue weighted by Crippen LogP contribution is -2.17. The number of hydrogen-bond donors (Lipinski definition) is 2. The van der Waals surface area contributed by atoms with E-state index in [1.165, 1.54) is 24.6 Å². The quantitative estimate of drug-likeness (QED) is 0.412. The average molecular weight is 428 g/mol. The van der Waals surface area contributed by atoms with Crippen molar-refractivity contribution in [1.82, 2.24) is 9.97 Å². The predicted octanol–water partition coefficient (Wildman–Crippen LogP) is 5.94. The first-order chi connectivity index (χ1) is 15.5. The molecule has 1 saturated heterocycles. The molecule has 3 aromatic carbocycles. The Kier molecular flexibility index (Phi) is 5.05. The Morgan fingerprint density at radius 2 is 1.75 bits per heavy atom. The van der Waals surface area contributed by atoms with Crippen molar-refractivity contribution < 1.29 is 14.6 Å². The number of nitrogens with zero attached hydrogens (tertiary/aromatic N) is 2. The molecule has 0 spiro atoms. The molecule has 1 aliphatic rings. The van der Waals surface area contributed by atoms with E-state index in [2.05, 4.69) is 58.2 Å². The van der Waals surface area contributed by atoms with Crippen LogP contribution in [0.1, 0.15) is 34.3 Å². The minimum absolute atomic E-state index is 0.217. The zero-order chi connectivity index (χ0) is 22.2. The molecule has 0 atom stereocenters. The number of aromatic carboxylic acids is 1. The van der Waals surface area contributed by atoms with Crippen LogP contribution in [0.5, 0.6) is 11.8 Å². The van der Waals surface area contributed by atoms with Crippen LogP contribution in [0.4, 0.5) is 5.69 Å². The van der Waals surface area contributed by atoms with Gasteiger partial charge in [0.2, 0.25) is 0 Å². The molecule has 1 aromatic heterocycles. The highest BCUT2D eigenvalue weighted by molar-refractivity contribution is 5.90. The van der Waals surface area contributed by atoms with Gasteiger partial charge in [-0.2, -0.15) is 4.98 Å². The van der Waals surface area contributed by atoms with Crippen LogP contribution in [0.2, 0.25) is 0 Å². The number of imidazole rings is 1. The number of ether oxygens (including phenoxy) is 1. The minimum atomic E-state index is -0.978. The zero-order valence-electron chi connectivity index (χ0n) is 18.2. The highest BCUT2D eigenvalue weighted by Crippen LogP contribution is 2.32. The summed E-state index contributed by atoms with van der Waals surface area (Å²) in [5.41, 5.74) is 7.29. The van der Waals surface area contributed by atoms with E-state index in [1.54, 1.807) is 19.1 Å². The van der Waals surface area contributed by atoms with Gasteiger partial charge in [0.05, 0.1) is 16.6 Å². The summed E-state index contributed by atoms with van der Waals surface area (Å²) in [5.74, 6) is -0.546. The molecular formula is C26H25N3O3. The number of nitrogens with one attached hydrogen (secondary N) is 1. The van der Waals surface area contributed by atoms with E-state index < -0.39 is 5.97 Å². The molecule has 0 saturated carbocycles. The molecule has 0 bridgehead atoms. The number of aryl methyl sites for hydroxylation is 2. The van der Waals surface area contributed by atoms with E-state index in [4.69, 9.17) is 4.74 Å². The number of rotatable bonds is 5. The van der Waals surface area contributed by atoms with Gasteiger partial charge in [-0.05, 0) is 85.3 Å². The van der Waals surface area contributed by atoms with Crippen molar-refractivity contribution in [1.29, 1.82) is 0 Å². The van der Waals surface area contributed by atoms with Crippen LogP contribution in [0.25, 0.3) is 22.2 Å². The van der Waals surface area contributed by atoms with E-state index in [0.29, 0.717) is 17.3 Å². The number of benzene rings is 3. The van der Waals surface area contributed by atoms with E-state index in [0.717, 1.165) is 40.8 Å². The van der Waals surface area contributed by atoms with Crippen molar-refractivity contribution in [3.63, 3.8) is 0 Å². The van der Waals surface area contributed by atoms with Gasteiger partial charge in [-0.1, -0.05) is 18.2 Å².